The molecule has 42 heavy (non-hydrogen) atoms. The molecule has 2 aromatic carbocycles. The van der Waals surface area contributed by atoms with Crippen LogP contribution in [0.15, 0.2) is 36.4 Å². The number of hydrogen-bond donors (Lipinski definition) is 5. The van der Waals surface area contributed by atoms with E-state index in [1.54, 1.807) is 12.1 Å². The first-order valence-corrected chi connectivity index (χ1v) is 22.7. The predicted octanol–water partition coefficient (Wildman–Crippen LogP) is 2.84. The fourth-order valence-corrected chi connectivity index (χ4v) is 9.25. The lowest BCUT2D eigenvalue weighted by Gasteiger charge is -2.37. The summed E-state index contributed by atoms with van der Waals surface area (Å²) < 4.78 is 48.5. The van der Waals surface area contributed by atoms with Crippen LogP contribution >= 0.6 is 15.2 Å². The highest BCUT2D eigenvalue weighted by Gasteiger charge is 2.36. The fraction of sp³-hybridized carbons (Fsp3) is 0.520. The summed E-state index contributed by atoms with van der Waals surface area (Å²) >= 11 is 0. The zero-order chi connectivity index (χ0) is 30.9. The quantitative estimate of drug-likeness (QED) is 0.166. The molecule has 0 amide bonds. The maximum Gasteiger partial charge on any atom is 0.392 e. The van der Waals surface area contributed by atoms with Crippen molar-refractivity contribution in [3.63, 3.8) is 0 Å². The second-order valence-electron chi connectivity index (χ2n) is 11.6. The molecule has 2 aromatic rings. The highest BCUT2D eigenvalue weighted by molar-refractivity contribution is 7.51. The maximum atomic E-state index is 12.2. The summed E-state index contributed by atoms with van der Waals surface area (Å²) in [4.78, 5) is 42.7. The number of hydrogen-bond acceptors (Lipinski definition) is 9. The van der Waals surface area contributed by atoms with Crippen molar-refractivity contribution in [2.75, 3.05) is 25.7 Å². The Labute approximate surface area is 247 Å². The Kier molecular flexibility index (Phi) is 10.3. The van der Waals surface area contributed by atoms with E-state index < -0.39 is 57.5 Å². The second kappa shape index (κ2) is 12.9. The molecule has 5 N–H and O–H groups in total. The van der Waals surface area contributed by atoms with Crippen LogP contribution in [0.3, 0.4) is 0 Å². The number of nitrogens with zero attached hydrogens (tertiary/aromatic N) is 2. The van der Waals surface area contributed by atoms with Crippen molar-refractivity contribution in [2.45, 2.75) is 58.5 Å². The van der Waals surface area contributed by atoms with Gasteiger partial charge in [-0.3, -0.25) is 18.9 Å². The summed E-state index contributed by atoms with van der Waals surface area (Å²) in [5.74, 6) is 1.22. The monoisotopic (exact) mass is 662 g/mol. The number of para-hydroxylation sites is 2. The number of fused-ring (bicyclic) bond motifs is 2. The average Bonchev–Trinajstić information content (AvgIpc) is 2.85. The summed E-state index contributed by atoms with van der Waals surface area (Å²) in [6, 6.07) is 10.1. The van der Waals surface area contributed by atoms with Gasteiger partial charge < -0.3 is 42.4 Å². The lowest BCUT2D eigenvalue weighted by molar-refractivity contribution is 0.0902. The fourth-order valence-electron chi connectivity index (χ4n) is 5.08. The van der Waals surface area contributed by atoms with E-state index in [0.717, 1.165) is 11.1 Å². The Bertz CT molecular complexity index is 1370. The predicted molar refractivity (Wildman–Crippen MR) is 159 cm³/mol. The molecule has 4 rings (SSSR count). The van der Waals surface area contributed by atoms with Gasteiger partial charge >= 0.3 is 32.3 Å². The maximum absolute atomic E-state index is 12.2. The van der Waals surface area contributed by atoms with Crippen molar-refractivity contribution >= 4 is 32.3 Å². The van der Waals surface area contributed by atoms with Gasteiger partial charge in [-0.2, -0.15) is 0 Å². The first kappa shape index (κ1) is 33.5. The Morgan fingerprint density at radius 2 is 1.26 bits per heavy atom. The van der Waals surface area contributed by atoms with Crippen LogP contribution < -0.4 is 8.85 Å². The number of aliphatic hydroxyl groups is 1. The first-order valence-electron chi connectivity index (χ1n) is 13.5. The van der Waals surface area contributed by atoms with Gasteiger partial charge in [0.15, 0.2) is 0 Å². The van der Waals surface area contributed by atoms with Crippen molar-refractivity contribution in [3.05, 3.63) is 58.7 Å². The van der Waals surface area contributed by atoms with Gasteiger partial charge in [-0.25, -0.2) is 0 Å². The average molecular weight is 663 g/mol. The molecule has 0 spiro atoms. The zero-order valence-electron chi connectivity index (χ0n) is 24.2. The third kappa shape index (κ3) is 9.29. The van der Waals surface area contributed by atoms with Crippen molar-refractivity contribution in [2.24, 2.45) is 0 Å². The van der Waals surface area contributed by atoms with E-state index in [9.17, 15) is 33.8 Å². The van der Waals surface area contributed by atoms with Crippen LogP contribution in [0.2, 0.25) is 26.2 Å². The van der Waals surface area contributed by atoms with E-state index in [0.29, 0.717) is 35.8 Å². The van der Waals surface area contributed by atoms with Crippen LogP contribution in [0.5, 0.6) is 11.5 Å². The molecule has 1 unspecified atom stereocenters. The lowest BCUT2D eigenvalue weighted by Crippen LogP contribution is -2.47. The standard InChI is InChI=1S/C25H40N2O11P2Si2/c1-41(2)35-15-21-9-5-7-19(24(21)37-41)11-26(17-39(29,30)31)13-23(14-28)27(18-40(32,33)34)12-20-8-6-10-22-16-36-42(3,4)38-25(20)22/h5-10,23,28H,11-18H2,1-4H3,(H2,29,30,31)(H2,32,33,34). The molecule has 13 nitrogen and oxygen atoms in total. The Morgan fingerprint density at radius 3 is 1.71 bits per heavy atom. The SMILES string of the molecule is C[Si]1(C)OCc2cccc(CN(CC(CO)N(Cc3cccc4c3O[Si](C)(C)OC4)CP(=O)(O)O)CP(=O)(O)O)c2O1. The van der Waals surface area contributed by atoms with E-state index in [1.807, 2.05) is 50.5 Å². The summed E-state index contributed by atoms with van der Waals surface area (Å²) in [7, 11) is -14.1. The minimum Gasteiger partial charge on any atom is -0.520 e. The van der Waals surface area contributed by atoms with Crippen molar-refractivity contribution in [3.8, 4) is 11.5 Å². The third-order valence-corrected chi connectivity index (χ3v) is 11.5. The van der Waals surface area contributed by atoms with E-state index in [-0.39, 0.29) is 19.6 Å². The molecule has 1 atom stereocenters. The Balaban J connectivity index is 1.64. The molecule has 0 bridgehead atoms. The molecule has 0 fully saturated rings. The minimum absolute atomic E-state index is 0.0225. The molecular weight excluding hydrogens is 622 g/mol. The van der Waals surface area contributed by atoms with Crippen LogP contribution in [0.4, 0.5) is 0 Å². The van der Waals surface area contributed by atoms with Crippen molar-refractivity contribution in [1.82, 2.24) is 9.80 Å². The van der Waals surface area contributed by atoms with Crippen molar-refractivity contribution in [1.29, 1.82) is 0 Å². The van der Waals surface area contributed by atoms with Crippen LogP contribution in [0.25, 0.3) is 0 Å². The minimum atomic E-state index is -4.60. The first-order chi connectivity index (χ1) is 19.4. The topological polar surface area (TPSA) is 179 Å². The molecule has 2 aliphatic heterocycles. The summed E-state index contributed by atoms with van der Waals surface area (Å²) in [5.41, 5.74) is 2.99. The number of rotatable bonds is 12. The van der Waals surface area contributed by atoms with E-state index in [1.165, 1.54) is 9.80 Å². The summed E-state index contributed by atoms with van der Waals surface area (Å²) in [5, 5.41) is 10.5. The van der Waals surface area contributed by atoms with Gasteiger partial charge in [0.1, 0.15) is 24.1 Å². The lowest BCUT2D eigenvalue weighted by atomic mass is 10.1. The molecule has 2 aliphatic rings. The molecule has 0 saturated carbocycles. The van der Waals surface area contributed by atoms with Crippen LogP contribution in [-0.4, -0.2) is 83.4 Å². The molecule has 2 heterocycles. The van der Waals surface area contributed by atoms with Gasteiger partial charge in [-0.15, -0.1) is 0 Å². The third-order valence-electron chi connectivity index (χ3n) is 6.92. The van der Waals surface area contributed by atoms with E-state index in [2.05, 4.69) is 0 Å². The normalized spacial score (nSPS) is 18.6. The molecular formula is C25H40N2O11P2Si2. The summed E-state index contributed by atoms with van der Waals surface area (Å²) in [6.07, 6.45) is -1.31. The Morgan fingerprint density at radius 1 is 0.786 bits per heavy atom. The highest BCUT2D eigenvalue weighted by atomic mass is 31.2. The zero-order valence-corrected chi connectivity index (χ0v) is 28.0. The molecule has 0 aliphatic carbocycles. The van der Waals surface area contributed by atoms with Crippen LogP contribution in [0.1, 0.15) is 22.3 Å². The van der Waals surface area contributed by atoms with Gasteiger partial charge in [-0.05, 0) is 26.2 Å². The van der Waals surface area contributed by atoms with Crippen LogP contribution in [-0.2, 0) is 44.3 Å². The Hall–Kier alpha value is -1.43. The van der Waals surface area contributed by atoms with Gasteiger partial charge in [0.25, 0.3) is 0 Å². The highest BCUT2D eigenvalue weighted by Crippen LogP contribution is 2.41. The number of aliphatic hydroxyl groups excluding tert-OH is 1. The molecule has 0 aromatic heterocycles. The molecule has 17 heteroatoms. The van der Waals surface area contributed by atoms with Gasteiger partial charge in [0, 0.05) is 47.9 Å². The largest absolute Gasteiger partial charge is 0.520 e. The molecule has 0 saturated heterocycles. The van der Waals surface area contributed by atoms with E-state index >= 15 is 0 Å². The molecule has 234 valence electrons. The van der Waals surface area contributed by atoms with Crippen LogP contribution in [0, 0.1) is 0 Å². The van der Waals surface area contributed by atoms with Crippen molar-refractivity contribution < 1.29 is 51.5 Å². The second-order valence-corrected chi connectivity index (χ2v) is 21.4. The van der Waals surface area contributed by atoms with E-state index in [4.69, 9.17) is 17.7 Å². The number of benzene rings is 2. The van der Waals surface area contributed by atoms with Gasteiger partial charge in [0.2, 0.25) is 0 Å². The van der Waals surface area contributed by atoms with Gasteiger partial charge in [-0.1, -0.05) is 36.4 Å². The molecule has 0 radical (unpaired) electrons. The van der Waals surface area contributed by atoms with Gasteiger partial charge in [0.05, 0.1) is 19.8 Å². The summed E-state index contributed by atoms with van der Waals surface area (Å²) in [6.45, 7) is 7.81. The smallest absolute Gasteiger partial charge is 0.392 e.